The SMILES string of the molecule is [CH-]=C[CH-]C=C.[Ca+2]. The van der Waals surface area contributed by atoms with Crippen LogP contribution in [0, 0.1) is 13.0 Å². The Labute approximate surface area is 68.9 Å². The first-order valence-electron chi connectivity index (χ1n) is 1.41. The van der Waals surface area contributed by atoms with Crippen LogP contribution in [0.3, 0.4) is 0 Å². The summed E-state index contributed by atoms with van der Waals surface area (Å²) in [7, 11) is 0. The minimum Gasteiger partial charge on any atom is -0.548 e. The molecular weight excluding hydrogens is 100 g/mol. The van der Waals surface area contributed by atoms with Gasteiger partial charge < -0.3 is 19.1 Å². The van der Waals surface area contributed by atoms with Crippen molar-refractivity contribution >= 4 is 37.7 Å². The number of rotatable bonds is 2. The van der Waals surface area contributed by atoms with Crippen molar-refractivity contribution in [3.8, 4) is 0 Å². The van der Waals surface area contributed by atoms with Crippen molar-refractivity contribution < 1.29 is 0 Å². The molecule has 0 aliphatic heterocycles. The number of hydrogen-bond acceptors (Lipinski definition) is 0. The summed E-state index contributed by atoms with van der Waals surface area (Å²) < 4.78 is 0. The zero-order chi connectivity index (χ0) is 4.12. The monoisotopic (exact) mass is 106 g/mol. The molecule has 0 rings (SSSR count). The van der Waals surface area contributed by atoms with Gasteiger partial charge in [-0.3, -0.25) is 0 Å². The largest absolute Gasteiger partial charge is 2.00 e. The average Bonchev–Trinajstić information content (AvgIpc) is 1.41. The molecule has 0 aliphatic rings. The van der Waals surface area contributed by atoms with Crippen LogP contribution >= 0.6 is 0 Å². The second-order valence-electron chi connectivity index (χ2n) is 0.621. The standard InChI is InChI=1S/C5H6.Ca/c1-3-5-4-2;/h1,3-5H,2H2;/q-2;+2. The zero-order valence-corrected chi connectivity index (χ0v) is 5.93. The smallest absolute Gasteiger partial charge is 0.548 e. The fourth-order valence-corrected chi connectivity index (χ4v) is 0.0786. The van der Waals surface area contributed by atoms with Crippen LogP contribution in [0.4, 0.5) is 0 Å². The molecule has 0 aromatic heterocycles. The molecule has 0 atom stereocenters. The van der Waals surface area contributed by atoms with Crippen LogP contribution in [0.25, 0.3) is 0 Å². The first-order valence-corrected chi connectivity index (χ1v) is 1.41. The van der Waals surface area contributed by atoms with Crippen molar-refractivity contribution in [2.75, 3.05) is 0 Å². The van der Waals surface area contributed by atoms with Gasteiger partial charge in [-0.15, -0.1) is 6.58 Å². The molecule has 0 saturated carbocycles. The molecule has 28 valence electrons. The van der Waals surface area contributed by atoms with E-state index in [0.717, 1.165) is 0 Å². The first-order chi connectivity index (χ1) is 2.41. The van der Waals surface area contributed by atoms with E-state index in [4.69, 9.17) is 6.58 Å². The third-order valence-electron chi connectivity index (χ3n) is 0.247. The van der Waals surface area contributed by atoms with Crippen LogP contribution in [0.2, 0.25) is 0 Å². The quantitative estimate of drug-likeness (QED) is 0.363. The predicted octanol–water partition coefficient (Wildman–Crippen LogP) is 0.985. The van der Waals surface area contributed by atoms with Gasteiger partial charge >= 0.3 is 37.7 Å². The van der Waals surface area contributed by atoms with Crippen molar-refractivity contribution in [3.05, 3.63) is 31.7 Å². The van der Waals surface area contributed by atoms with Gasteiger partial charge in [-0.2, -0.15) is 0 Å². The Balaban J connectivity index is 0. The second kappa shape index (κ2) is 9.15. The summed E-state index contributed by atoms with van der Waals surface area (Å²) >= 11 is 0. The van der Waals surface area contributed by atoms with E-state index < -0.39 is 0 Å². The predicted molar refractivity (Wildman–Crippen MR) is 29.1 cm³/mol. The molecule has 6 heavy (non-hydrogen) atoms. The summed E-state index contributed by atoms with van der Waals surface area (Å²) in [4.78, 5) is 0. The zero-order valence-electron chi connectivity index (χ0n) is 3.72. The molecule has 0 spiro atoms. The third-order valence-corrected chi connectivity index (χ3v) is 0.247. The van der Waals surface area contributed by atoms with Crippen molar-refractivity contribution in [3.63, 3.8) is 0 Å². The van der Waals surface area contributed by atoms with E-state index in [1.165, 1.54) is 6.08 Å². The van der Waals surface area contributed by atoms with Gasteiger partial charge in [0.1, 0.15) is 0 Å². The van der Waals surface area contributed by atoms with E-state index in [0.29, 0.717) is 0 Å². The van der Waals surface area contributed by atoms with E-state index in [2.05, 4.69) is 6.58 Å². The van der Waals surface area contributed by atoms with E-state index in [1.807, 2.05) is 0 Å². The van der Waals surface area contributed by atoms with Crippen molar-refractivity contribution in [1.29, 1.82) is 0 Å². The average molecular weight is 106 g/mol. The molecule has 0 radical (unpaired) electrons. The molecular formula is C5H6Ca. The first kappa shape index (κ1) is 9.79. The maximum Gasteiger partial charge on any atom is 2.00 e. The van der Waals surface area contributed by atoms with Crippen LogP contribution < -0.4 is 0 Å². The van der Waals surface area contributed by atoms with Crippen molar-refractivity contribution in [1.82, 2.24) is 0 Å². The molecule has 0 unspecified atom stereocenters. The third kappa shape index (κ3) is 8.82. The van der Waals surface area contributed by atoms with Crippen LogP contribution in [0.15, 0.2) is 18.7 Å². The Kier molecular flexibility index (Phi) is 14.9. The van der Waals surface area contributed by atoms with Crippen LogP contribution in [-0.2, 0) is 0 Å². The second-order valence-corrected chi connectivity index (χ2v) is 0.621. The van der Waals surface area contributed by atoms with Gasteiger partial charge in [0.25, 0.3) is 0 Å². The van der Waals surface area contributed by atoms with E-state index in [1.54, 1.807) is 12.5 Å². The maximum absolute atomic E-state index is 4.89. The molecule has 0 aromatic carbocycles. The molecule has 0 heterocycles. The van der Waals surface area contributed by atoms with E-state index in [9.17, 15) is 0 Å². The van der Waals surface area contributed by atoms with Gasteiger partial charge in [-0.1, -0.05) is 0 Å². The summed E-state index contributed by atoms with van der Waals surface area (Å²) in [5, 5.41) is 0. The molecule has 0 aliphatic carbocycles. The van der Waals surface area contributed by atoms with E-state index in [-0.39, 0.29) is 37.7 Å². The topological polar surface area (TPSA) is 0 Å². The summed E-state index contributed by atoms with van der Waals surface area (Å²) in [6.07, 6.45) is 4.73. The molecule has 0 saturated heterocycles. The normalized spacial score (nSPS) is 4.67. The maximum atomic E-state index is 4.89. The molecule has 1 heteroatoms. The van der Waals surface area contributed by atoms with Crippen LogP contribution in [-0.4, -0.2) is 37.7 Å². The van der Waals surface area contributed by atoms with Gasteiger partial charge in [0.05, 0.1) is 0 Å². The van der Waals surface area contributed by atoms with Crippen molar-refractivity contribution in [2.24, 2.45) is 0 Å². The Morgan fingerprint density at radius 1 is 1.67 bits per heavy atom. The van der Waals surface area contributed by atoms with E-state index >= 15 is 0 Å². The summed E-state index contributed by atoms with van der Waals surface area (Å²) in [5.41, 5.74) is 0. The minimum absolute atomic E-state index is 0. The molecule has 0 N–H and O–H groups in total. The van der Waals surface area contributed by atoms with Crippen LogP contribution in [0.1, 0.15) is 0 Å². The molecule has 0 bridgehead atoms. The van der Waals surface area contributed by atoms with Crippen LogP contribution in [0.5, 0.6) is 0 Å². The van der Waals surface area contributed by atoms with Crippen molar-refractivity contribution in [2.45, 2.75) is 0 Å². The molecule has 0 fully saturated rings. The number of allylic oxidation sites excluding steroid dienone is 2. The molecule has 0 nitrogen and oxygen atoms in total. The minimum atomic E-state index is 0. The fraction of sp³-hybridized carbons (Fsp3) is 0. The summed E-state index contributed by atoms with van der Waals surface area (Å²) in [5.74, 6) is 0. The van der Waals surface area contributed by atoms with Gasteiger partial charge in [0.2, 0.25) is 0 Å². The number of hydrogen-bond donors (Lipinski definition) is 0. The fourth-order valence-electron chi connectivity index (χ4n) is 0.0786. The Hall–Kier alpha value is 0.610. The Morgan fingerprint density at radius 3 is 2.17 bits per heavy atom. The van der Waals surface area contributed by atoms with Gasteiger partial charge in [-0.05, 0) is 0 Å². The van der Waals surface area contributed by atoms with Gasteiger partial charge in [0, 0.05) is 0 Å². The Bertz CT molecular complexity index is 33.2. The van der Waals surface area contributed by atoms with Gasteiger partial charge in [0.15, 0.2) is 0 Å². The van der Waals surface area contributed by atoms with Gasteiger partial charge in [-0.25, -0.2) is 6.08 Å². The molecule has 0 aromatic rings. The molecule has 0 amide bonds. The Morgan fingerprint density at radius 2 is 2.17 bits per heavy atom. The summed E-state index contributed by atoms with van der Waals surface area (Å²) in [6, 6.07) is 0. The summed E-state index contributed by atoms with van der Waals surface area (Å²) in [6.45, 7) is 8.27.